The molecule has 0 heterocycles. The molecule has 0 aliphatic carbocycles. The van der Waals surface area contributed by atoms with Crippen LogP contribution >= 0.6 is 23.2 Å². The normalized spacial score (nSPS) is 11.5. The van der Waals surface area contributed by atoms with E-state index in [1.807, 2.05) is 30.3 Å². The number of para-hydroxylation sites is 1. The van der Waals surface area contributed by atoms with E-state index in [2.05, 4.69) is 5.32 Å². The van der Waals surface area contributed by atoms with Crippen LogP contribution in [0.1, 0.15) is 19.8 Å². The van der Waals surface area contributed by atoms with E-state index < -0.39 is 18.0 Å². The van der Waals surface area contributed by atoms with Crippen LogP contribution < -0.4 is 10.1 Å². The number of hydrogen-bond donors (Lipinski definition) is 1. The van der Waals surface area contributed by atoms with Crippen LogP contribution in [0.3, 0.4) is 0 Å². The molecule has 2 rings (SSSR count). The summed E-state index contributed by atoms with van der Waals surface area (Å²) in [5.41, 5.74) is 0.364. The fraction of sp³-hybridized carbons (Fsp3) is 0.263. The Balaban J connectivity index is 1.72. The fourth-order valence-corrected chi connectivity index (χ4v) is 2.40. The van der Waals surface area contributed by atoms with Gasteiger partial charge in [-0.3, -0.25) is 9.59 Å². The van der Waals surface area contributed by atoms with Crippen LogP contribution in [0.25, 0.3) is 0 Å². The molecule has 138 valence electrons. The number of hydrogen-bond acceptors (Lipinski definition) is 4. The summed E-state index contributed by atoms with van der Waals surface area (Å²) in [4.78, 5) is 23.9. The SMILES string of the molecule is C[C@@H](OC(=O)CCCOc1ccccc1)C(=O)Nc1cc(Cl)ccc1Cl. The van der Waals surface area contributed by atoms with Gasteiger partial charge in [-0.15, -0.1) is 0 Å². The van der Waals surface area contributed by atoms with Gasteiger partial charge in [-0.2, -0.15) is 0 Å². The van der Waals surface area contributed by atoms with Crippen molar-refractivity contribution in [2.24, 2.45) is 0 Å². The number of benzene rings is 2. The number of anilines is 1. The summed E-state index contributed by atoms with van der Waals surface area (Å²) in [6, 6.07) is 14.0. The molecular formula is C19H19Cl2NO4. The van der Waals surface area contributed by atoms with Crippen molar-refractivity contribution in [3.63, 3.8) is 0 Å². The summed E-state index contributed by atoms with van der Waals surface area (Å²) >= 11 is 11.9. The Labute approximate surface area is 162 Å². The summed E-state index contributed by atoms with van der Waals surface area (Å²) < 4.78 is 10.6. The van der Waals surface area contributed by atoms with E-state index in [9.17, 15) is 9.59 Å². The number of nitrogens with one attached hydrogen (secondary N) is 1. The highest BCUT2D eigenvalue weighted by molar-refractivity contribution is 6.35. The summed E-state index contributed by atoms with van der Waals surface area (Å²) in [7, 11) is 0. The van der Waals surface area contributed by atoms with Crippen LogP contribution in [0.5, 0.6) is 5.75 Å². The van der Waals surface area contributed by atoms with E-state index in [1.54, 1.807) is 12.1 Å². The second-order valence-corrected chi connectivity index (χ2v) is 6.35. The third-order valence-corrected chi connectivity index (χ3v) is 3.97. The quantitative estimate of drug-likeness (QED) is 0.518. The van der Waals surface area contributed by atoms with Gasteiger partial charge in [-0.1, -0.05) is 41.4 Å². The topological polar surface area (TPSA) is 64.6 Å². The third-order valence-electron chi connectivity index (χ3n) is 3.40. The maximum Gasteiger partial charge on any atom is 0.306 e. The maximum atomic E-state index is 12.1. The molecule has 0 aromatic heterocycles. The van der Waals surface area contributed by atoms with Crippen molar-refractivity contribution in [3.8, 4) is 5.75 Å². The number of ether oxygens (including phenoxy) is 2. The molecule has 2 aromatic rings. The molecule has 1 N–H and O–H groups in total. The second kappa shape index (κ2) is 10.0. The highest BCUT2D eigenvalue weighted by atomic mass is 35.5. The van der Waals surface area contributed by atoms with Crippen LogP contribution in [0.15, 0.2) is 48.5 Å². The molecule has 0 bridgehead atoms. The van der Waals surface area contributed by atoms with E-state index in [4.69, 9.17) is 32.7 Å². The van der Waals surface area contributed by atoms with Crippen molar-refractivity contribution in [1.29, 1.82) is 0 Å². The summed E-state index contributed by atoms with van der Waals surface area (Å²) in [6.45, 7) is 1.88. The number of carbonyl (C=O) groups is 2. The van der Waals surface area contributed by atoms with E-state index in [0.717, 1.165) is 5.75 Å². The van der Waals surface area contributed by atoms with Gasteiger partial charge in [0.25, 0.3) is 5.91 Å². The molecule has 7 heteroatoms. The third kappa shape index (κ3) is 6.58. The van der Waals surface area contributed by atoms with Gasteiger partial charge in [-0.05, 0) is 43.7 Å². The Kier molecular flexibility index (Phi) is 7.75. The monoisotopic (exact) mass is 395 g/mol. The second-order valence-electron chi connectivity index (χ2n) is 5.51. The Morgan fingerprint density at radius 2 is 1.85 bits per heavy atom. The van der Waals surface area contributed by atoms with Crippen LogP contribution in [0.2, 0.25) is 10.0 Å². The molecule has 0 spiro atoms. The Morgan fingerprint density at radius 1 is 1.12 bits per heavy atom. The lowest BCUT2D eigenvalue weighted by molar-refractivity contribution is -0.153. The molecule has 1 amide bonds. The van der Waals surface area contributed by atoms with Gasteiger partial charge in [0.2, 0.25) is 0 Å². The molecule has 0 saturated carbocycles. The van der Waals surface area contributed by atoms with Crippen LogP contribution in [0, 0.1) is 0 Å². The highest BCUT2D eigenvalue weighted by Crippen LogP contribution is 2.25. The molecule has 0 radical (unpaired) electrons. The zero-order valence-electron chi connectivity index (χ0n) is 14.2. The van der Waals surface area contributed by atoms with Crippen molar-refractivity contribution >= 4 is 40.8 Å². The number of carbonyl (C=O) groups excluding carboxylic acids is 2. The first-order valence-corrected chi connectivity index (χ1v) is 8.84. The Morgan fingerprint density at radius 3 is 2.58 bits per heavy atom. The summed E-state index contributed by atoms with van der Waals surface area (Å²) in [6.07, 6.45) is -0.308. The van der Waals surface area contributed by atoms with Gasteiger partial charge in [0.1, 0.15) is 5.75 Å². The zero-order chi connectivity index (χ0) is 18.9. The molecule has 0 fully saturated rings. The van der Waals surface area contributed by atoms with Gasteiger partial charge in [0, 0.05) is 11.4 Å². The Bertz CT molecular complexity index is 752. The van der Waals surface area contributed by atoms with Crippen molar-refractivity contribution in [3.05, 3.63) is 58.6 Å². The zero-order valence-corrected chi connectivity index (χ0v) is 15.7. The molecule has 0 aliphatic rings. The van der Waals surface area contributed by atoms with Crippen molar-refractivity contribution in [1.82, 2.24) is 0 Å². The molecule has 2 aromatic carbocycles. The minimum Gasteiger partial charge on any atom is -0.494 e. The molecule has 0 aliphatic heterocycles. The van der Waals surface area contributed by atoms with Gasteiger partial charge < -0.3 is 14.8 Å². The molecule has 0 unspecified atom stereocenters. The van der Waals surface area contributed by atoms with Crippen LogP contribution in [-0.4, -0.2) is 24.6 Å². The van der Waals surface area contributed by atoms with E-state index in [0.29, 0.717) is 28.8 Å². The maximum absolute atomic E-state index is 12.1. The van der Waals surface area contributed by atoms with Crippen LogP contribution in [0.4, 0.5) is 5.69 Å². The number of esters is 1. The molecule has 5 nitrogen and oxygen atoms in total. The predicted octanol–water partition coefficient (Wildman–Crippen LogP) is 4.72. The minimum absolute atomic E-state index is 0.155. The van der Waals surface area contributed by atoms with E-state index >= 15 is 0 Å². The number of amides is 1. The van der Waals surface area contributed by atoms with Gasteiger partial charge >= 0.3 is 5.97 Å². The average Bonchev–Trinajstić information content (AvgIpc) is 2.62. The lowest BCUT2D eigenvalue weighted by atomic mass is 10.3. The molecule has 26 heavy (non-hydrogen) atoms. The number of halogens is 2. The van der Waals surface area contributed by atoms with Gasteiger partial charge in [0.05, 0.1) is 17.3 Å². The molecule has 1 atom stereocenters. The van der Waals surface area contributed by atoms with E-state index in [1.165, 1.54) is 13.0 Å². The largest absolute Gasteiger partial charge is 0.494 e. The van der Waals surface area contributed by atoms with Crippen LogP contribution in [-0.2, 0) is 14.3 Å². The van der Waals surface area contributed by atoms with Crippen molar-refractivity contribution in [2.75, 3.05) is 11.9 Å². The van der Waals surface area contributed by atoms with Crippen molar-refractivity contribution in [2.45, 2.75) is 25.9 Å². The first kappa shape index (κ1) is 20.1. The van der Waals surface area contributed by atoms with Crippen molar-refractivity contribution < 1.29 is 19.1 Å². The standard InChI is InChI=1S/C19H19Cl2NO4/c1-13(19(24)22-17-12-14(20)9-10-16(17)21)26-18(23)8-5-11-25-15-6-3-2-4-7-15/h2-4,6-7,9-10,12-13H,5,8,11H2,1H3,(H,22,24)/t13-/m1/s1. The lowest BCUT2D eigenvalue weighted by Gasteiger charge is -2.14. The average molecular weight is 396 g/mol. The predicted molar refractivity (Wildman–Crippen MR) is 102 cm³/mol. The lowest BCUT2D eigenvalue weighted by Crippen LogP contribution is -2.30. The first-order valence-electron chi connectivity index (χ1n) is 8.09. The number of rotatable bonds is 8. The first-order chi connectivity index (χ1) is 12.5. The summed E-state index contributed by atoms with van der Waals surface area (Å²) in [5, 5.41) is 3.37. The minimum atomic E-state index is -0.951. The molecule has 0 saturated heterocycles. The van der Waals surface area contributed by atoms with Gasteiger partial charge in [0.15, 0.2) is 6.10 Å². The fourth-order valence-electron chi connectivity index (χ4n) is 2.06. The highest BCUT2D eigenvalue weighted by Gasteiger charge is 2.18. The van der Waals surface area contributed by atoms with E-state index in [-0.39, 0.29) is 6.42 Å². The molecular weight excluding hydrogens is 377 g/mol. The van der Waals surface area contributed by atoms with Gasteiger partial charge in [-0.25, -0.2) is 0 Å². The Hall–Kier alpha value is -2.24. The smallest absolute Gasteiger partial charge is 0.306 e. The summed E-state index contributed by atoms with van der Waals surface area (Å²) in [5.74, 6) is -0.212.